The van der Waals surface area contributed by atoms with E-state index < -0.39 is 6.10 Å². The van der Waals surface area contributed by atoms with Gasteiger partial charge in [-0.2, -0.15) is 11.3 Å². The Bertz CT molecular complexity index is 972. The summed E-state index contributed by atoms with van der Waals surface area (Å²) < 4.78 is 17.4. The second-order valence-electron chi connectivity index (χ2n) is 6.95. The van der Waals surface area contributed by atoms with E-state index in [-0.39, 0.29) is 18.4 Å². The number of ether oxygens (including phenoxy) is 2. The van der Waals surface area contributed by atoms with E-state index in [0.29, 0.717) is 36.4 Å². The fourth-order valence-corrected chi connectivity index (χ4v) is 4.26. The maximum atomic E-state index is 13.0. The second kappa shape index (κ2) is 7.27. The van der Waals surface area contributed by atoms with Crippen molar-refractivity contribution in [1.82, 2.24) is 15.1 Å². The molecule has 0 bridgehead atoms. The molecule has 2 aliphatic heterocycles. The summed E-state index contributed by atoms with van der Waals surface area (Å²) in [4.78, 5) is 14.8. The number of carbonyl (C=O) groups excluding carboxylic acids is 1. The van der Waals surface area contributed by atoms with E-state index in [0.717, 1.165) is 18.4 Å². The molecule has 28 heavy (non-hydrogen) atoms. The Kier molecular flexibility index (Phi) is 4.48. The molecule has 7 nitrogen and oxygen atoms in total. The number of hydrogen-bond acceptors (Lipinski definition) is 7. The quantitative estimate of drug-likeness (QED) is 0.675. The van der Waals surface area contributed by atoms with Gasteiger partial charge in [-0.05, 0) is 36.4 Å². The van der Waals surface area contributed by atoms with E-state index in [9.17, 15) is 4.79 Å². The van der Waals surface area contributed by atoms with Crippen molar-refractivity contribution >= 4 is 17.2 Å². The van der Waals surface area contributed by atoms with Gasteiger partial charge in [-0.1, -0.05) is 12.1 Å². The maximum Gasteiger partial charge on any atom is 0.267 e. The third-order valence-electron chi connectivity index (χ3n) is 5.08. The fourth-order valence-electron chi connectivity index (χ4n) is 3.63. The molecule has 0 saturated carbocycles. The first kappa shape index (κ1) is 17.2. The number of amides is 1. The Morgan fingerprint density at radius 2 is 2.07 bits per heavy atom. The van der Waals surface area contributed by atoms with Crippen LogP contribution in [0, 0.1) is 0 Å². The number of rotatable bonds is 3. The van der Waals surface area contributed by atoms with Crippen molar-refractivity contribution in [3.63, 3.8) is 0 Å². The SMILES string of the molecule is O=C(C1COc2ccccc2O1)N1CCCC(c2nnc(-c3ccsc3)o2)C1. The Balaban J connectivity index is 1.28. The second-order valence-corrected chi connectivity index (χ2v) is 7.73. The third kappa shape index (κ3) is 3.24. The number of aromatic nitrogens is 2. The summed E-state index contributed by atoms with van der Waals surface area (Å²) in [5.74, 6) is 2.38. The van der Waals surface area contributed by atoms with Crippen molar-refractivity contribution in [1.29, 1.82) is 0 Å². The number of likely N-dealkylation sites (tertiary alicyclic amines) is 1. The summed E-state index contributed by atoms with van der Waals surface area (Å²) in [6.45, 7) is 1.47. The summed E-state index contributed by atoms with van der Waals surface area (Å²) in [6, 6.07) is 9.36. The number of hydrogen-bond donors (Lipinski definition) is 0. The van der Waals surface area contributed by atoms with Crippen LogP contribution in [0.1, 0.15) is 24.7 Å². The molecule has 2 unspecified atom stereocenters. The highest BCUT2D eigenvalue weighted by atomic mass is 32.1. The van der Waals surface area contributed by atoms with Crippen molar-refractivity contribution in [3.8, 4) is 23.0 Å². The Morgan fingerprint density at radius 1 is 1.18 bits per heavy atom. The van der Waals surface area contributed by atoms with E-state index in [1.54, 1.807) is 11.3 Å². The molecule has 0 N–H and O–H groups in total. The van der Waals surface area contributed by atoms with Crippen LogP contribution in [-0.2, 0) is 4.79 Å². The standard InChI is InChI=1S/C20H19N3O4S/c24-20(17-11-25-15-5-1-2-6-16(15)26-17)23-8-3-4-13(10-23)18-21-22-19(27-18)14-7-9-28-12-14/h1-2,5-7,9,12-13,17H,3-4,8,10-11H2. The summed E-state index contributed by atoms with van der Waals surface area (Å²) in [6.07, 6.45) is 1.18. The molecule has 1 aromatic carbocycles. The zero-order chi connectivity index (χ0) is 18.9. The normalized spacial score (nSPS) is 21.5. The van der Waals surface area contributed by atoms with E-state index in [4.69, 9.17) is 13.9 Å². The Labute approximate surface area is 165 Å². The lowest BCUT2D eigenvalue weighted by Gasteiger charge is -2.35. The van der Waals surface area contributed by atoms with Gasteiger partial charge in [-0.25, -0.2) is 0 Å². The van der Waals surface area contributed by atoms with Crippen LogP contribution in [0.2, 0.25) is 0 Å². The van der Waals surface area contributed by atoms with Crippen molar-refractivity contribution in [2.75, 3.05) is 19.7 Å². The molecular formula is C20H19N3O4S. The molecule has 1 saturated heterocycles. The molecule has 8 heteroatoms. The van der Waals surface area contributed by atoms with E-state index in [1.807, 2.05) is 46.0 Å². The Morgan fingerprint density at radius 3 is 2.93 bits per heavy atom. The first-order chi connectivity index (χ1) is 13.8. The minimum Gasteiger partial charge on any atom is -0.485 e. The zero-order valence-electron chi connectivity index (χ0n) is 15.1. The monoisotopic (exact) mass is 397 g/mol. The average molecular weight is 397 g/mol. The highest BCUT2D eigenvalue weighted by Gasteiger charge is 2.35. The molecule has 1 amide bonds. The van der Waals surface area contributed by atoms with Gasteiger partial charge >= 0.3 is 0 Å². The number of thiophene rings is 1. The highest BCUT2D eigenvalue weighted by Crippen LogP contribution is 2.33. The first-order valence-electron chi connectivity index (χ1n) is 9.31. The van der Waals surface area contributed by atoms with Gasteiger partial charge in [0.05, 0.1) is 5.92 Å². The summed E-state index contributed by atoms with van der Waals surface area (Å²) >= 11 is 1.59. The van der Waals surface area contributed by atoms with E-state index >= 15 is 0 Å². The minimum atomic E-state index is -0.627. The molecule has 0 aliphatic carbocycles. The van der Waals surface area contributed by atoms with Crippen molar-refractivity contribution in [3.05, 3.63) is 47.0 Å². The van der Waals surface area contributed by atoms with Gasteiger partial charge < -0.3 is 18.8 Å². The lowest BCUT2D eigenvalue weighted by atomic mass is 9.97. The number of para-hydroxylation sites is 2. The first-order valence-corrected chi connectivity index (χ1v) is 10.3. The van der Waals surface area contributed by atoms with Gasteiger partial charge in [0.15, 0.2) is 11.5 Å². The van der Waals surface area contributed by atoms with Gasteiger partial charge in [0.2, 0.25) is 17.9 Å². The van der Waals surface area contributed by atoms with Crippen LogP contribution >= 0.6 is 11.3 Å². The van der Waals surface area contributed by atoms with Crippen molar-refractivity contribution < 1.29 is 18.7 Å². The van der Waals surface area contributed by atoms with Crippen LogP contribution in [-0.4, -0.2) is 46.8 Å². The molecule has 4 heterocycles. The van der Waals surface area contributed by atoms with Crippen LogP contribution in [0.3, 0.4) is 0 Å². The summed E-state index contributed by atoms with van der Waals surface area (Å²) in [5.41, 5.74) is 0.930. The molecule has 0 radical (unpaired) electrons. The third-order valence-corrected chi connectivity index (χ3v) is 5.76. The van der Waals surface area contributed by atoms with E-state index in [1.165, 1.54) is 0 Å². The molecule has 1 fully saturated rings. The molecule has 144 valence electrons. The van der Waals surface area contributed by atoms with E-state index in [2.05, 4.69) is 10.2 Å². The van der Waals surface area contributed by atoms with Gasteiger partial charge in [0, 0.05) is 24.0 Å². The largest absolute Gasteiger partial charge is 0.485 e. The Hall–Kier alpha value is -2.87. The summed E-state index contributed by atoms with van der Waals surface area (Å²) in [5, 5.41) is 12.3. The number of benzene rings is 1. The number of fused-ring (bicyclic) bond motifs is 1. The number of carbonyl (C=O) groups is 1. The van der Waals surface area contributed by atoms with Gasteiger partial charge in [0.25, 0.3) is 5.91 Å². The molecule has 2 atom stereocenters. The van der Waals surface area contributed by atoms with Crippen LogP contribution in [0.4, 0.5) is 0 Å². The molecule has 3 aromatic rings. The minimum absolute atomic E-state index is 0.0365. The molecule has 2 aliphatic rings. The van der Waals surface area contributed by atoms with Crippen LogP contribution in [0.15, 0.2) is 45.5 Å². The maximum absolute atomic E-state index is 13.0. The molecule has 0 spiro atoms. The highest BCUT2D eigenvalue weighted by molar-refractivity contribution is 7.08. The lowest BCUT2D eigenvalue weighted by Crippen LogP contribution is -2.49. The predicted octanol–water partition coefficient (Wildman–Crippen LogP) is 3.34. The molecule has 2 aromatic heterocycles. The fraction of sp³-hybridized carbons (Fsp3) is 0.350. The lowest BCUT2D eigenvalue weighted by molar-refractivity contribution is -0.142. The number of nitrogens with zero attached hydrogens (tertiary/aromatic N) is 3. The van der Waals surface area contributed by atoms with Crippen molar-refractivity contribution in [2.24, 2.45) is 0 Å². The topological polar surface area (TPSA) is 77.7 Å². The predicted molar refractivity (Wildman–Crippen MR) is 103 cm³/mol. The molecular weight excluding hydrogens is 378 g/mol. The number of piperidine rings is 1. The van der Waals surface area contributed by atoms with Gasteiger partial charge in [-0.15, -0.1) is 10.2 Å². The summed E-state index contributed by atoms with van der Waals surface area (Å²) in [7, 11) is 0. The van der Waals surface area contributed by atoms with Crippen molar-refractivity contribution in [2.45, 2.75) is 24.9 Å². The smallest absolute Gasteiger partial charge is 0.267 e. The van der Waals surface area contributed by atoms with Crippen LogP contribution in [0.25, 0.3) is 11.5 Å². The van der Waals surface area contributed by atoms with Crippen LogP contribution in [0.5, 0.6) is 11.5 Å². The zero-order valence-corrected chi connectivity index (χ0v) is 15.9. The average Bonchev–Trinajstić information content (AvgIpc) is 3.45. The van der Waals surface area contributed by atoms with Gasteiger partial charge in [0.1, 0.15) is 6.61 Å². The van der Waals surface area contributed by atoms with Crippen LogP contribution < -0.4 is 9.47 Å². The van der Waals surface area contributed by atoms with Gasteiger partial charge in [-0.3, -0.25) is 4.79 Å². The molecule has 5 rings (SSSR count).